The van der Waals surface area contributed by atoms with Crippen molar-refractivity contribution >= 4 is 18.6 Å². The summed E-state index contributed by atoms with van der Waals surface area (Å²) >= 11 is 3.97. The van der Waals surface area contributed by atoms with Gasteiger partial charge in [0.05, 0.1) is 0 Å². The molecule has 48 valence electrons. The summed E-state index contributed by atoms with van der Waals surface area (Å²) in [6.07, 6.45) is 0.947. The van der Waals surface area contributed by atoms with Crippen LogP contribution in [0.3, 0.4) is 0 Å². The monoisotopic (exact) mass is 133 g/mol. The molecule has 0 aromatic rings. The normalized spacial score (nSPS) is 8.62. The largest absolute Gasteiger partial charge is 0.370 e. The van der Waals surface area contributed by atoms with E-state index in [1.165, 1.54) is 0 Å². The lowest BCUT2D eigenvalue weighted by Crippen LogP contribution is -2.31. The van der Waals surface area contributed by atoms with Gasteiger partial charge in [0.15, 0.2) is 5.96 Å². The van der Waals surface area contributed by atoms with E-state index >= 15 is 0 Å². The minimum atomic E-state index is 0.0341. The highest BCUT2D eigenvalue weighted by atomic mass is 32.1. The molecule has 4 N–H and O–H groups in total. The molecule has 0 amide bonds. The van der Waals surface area contributed by atoms with Gasteiger partial charge in [0, 0.05) is 6.54 Å². The van der Waals surface area contributed by atoms with Gasteiger partial charge in [-0.25, -0.2) is 0 Å². The molecule has 0 atom stereocenters. The van der Waals surface area contributed by atoms with Crippen LogP contribution in [0.1, 0.15) is 6.42 Å². The molecule has 0 spiro atoms. The molecule has 0 radical (unpaired) electrons. The summed E-state index contributed by atoms with van der Waals surface area (Å²) in [5.74, 6) is 0.868. The van der Waals surface area contributed by atoms with Crippen molar-refractivity contribution < 1.29 is 0 Å². The first-order valence-corrected chi connectivity index (χ1v) is 3.09. The second-order valence-corrected chi connectivity index (χ2v) is 1.86. The second-order valence-electron chi connectivity index (χ2n) is 1.42. The summed E-state index contributed by atoms with van der Waals surface area (Å²) in [4.78, 5) is 0. The number of hydrogen-bond donors (Lipinski definition) is 4. The van der Waals surface area contributed by atoms with Gasteiger partial charge in [-0.05, 0) is 12.2 Å². The van der Waals surface area contributed by atoms with Crippen molar-refractivity contribution in [3.63, 3.8) is 0 Å². The fourth-order valence-corrected chi connectivity index (χ4v) is 0.460. The summed E-state index contributed by atoms with van der Waals surface area (Å²) in [7, 11) is 0. The van der Waals surface area contributed by atoms with Crippen LogP contribution in [-0.4, -0.2) is 18.3 Å². The van der Waals surface area contributed by atoms with Gasteiger partial charge in [-0.2, -0.15) is 12.6 Å². The van der Waals surface area contributed by atoms with Crippen molar-refractivity contribution in [1.82, 2.24) is 5.32 Å². The summed E-state index contributed by atoms with van der Waals surface area (Å²) in [5.41, 5.74) is 4.98. The van der Waals surface area contributed by atoms with Crippen molar-refractivity contribution in [2.24, 2.45) is 5.73 Å². The zero-order valence-electron chi connectivity index (χ0n) is 4.65. The fourth-order valence-electron chi connectivity index (χ4n) is 0.302. The Morgan fingerprint density at radius 2 is 2.38 bits per heavy atom. The van der Waals surface area contributed by atoms with Crippen LogP contribution >= 0.6 is 12.6 Å². The first kappa shape index (κ1) is 7.62. The molecule has 0 aliphatic carbocycles. The van der Waals surface area contributed by atoms with E-state index < -0.39 is 0 Å². The molecular formula is C4H11N3S. The highest BCUT2D eigenvalue weighted by Crippen LogP contribution is 1.78. The van der Waals surface area contributed by atoms with Crippen LogP contribution in [0.2, 0.25) is 0 Å². The van der Waals surface area contributed by atoms with E-state index in [0.29, 0.717) is 0 Å². The highest BCUT2D eigenvalue weighted by Gasteiger charge is 1.83. The molecule has 0 saturated heterocycles. The molecule has 4 heteroatoms. The standard InChI is InChI=1S/C4H11N3S/c5-4(6)7-2-1-3-8/h8H,1-3H2,(H4,5,6,7). The average molecular weight is 133 g/mol. The van der Waals surface area contributed by atoms with Gasteiger partial charge < -0.3 is 11.1 Å². The number of rotatable bonds is 3. The van der Waals surface area contributed by atoms with Gasteiger partial charge in [-0.1, -0.05) is 0 Å². The molecule has 0 fully saturated rings. The Balaban J connectivity index is 2.82. The first-order chi connectivity index (χ1) is 3.77. The number of guanidine groups is 1. The minimum absolute atomic E-state index is 0.0341. The number of nitrogens with one attached hydrogen (secondary N) is 2. The van der Waals surface area contributed by atoms with E-state index in [-0.39, 0.29) is 5.96 Å². The van der Waals surface area contributed by atoms with E-state index in [1.807, 2.05) is 0 Å². The van der Waals surface area contributed by atoms with Crippen LogP contribution in [0.15, 0.2) is 0 Å². The third-order valence-corrected chi connectivity index (χ3v) is 0.967. The predicted molar refractivity (Wildman–Crippen MR) is 38.4 cm³/mol. The van der Waals surface area contributed by atoms with Crippen LogP contribution in [0.5, 0.6) is 0 Å². The van der Waals surface area contributed by atoms with Crippen LogP contribution in [0.25, 0.3) is 0 Å². The molecule has 0 unspecified atom stereocenters. The van der Waals surface area contributed by atoms with Gasteiger partial charge in [0.25, 0.3) is 0 Å². The van der Waals surface area contributed by atoms with E-state index in [1.54, 1.807) is 0 Å². The minimum Gasteiger partial charge on any atom is -0.370 e. The zero-order chi connectivity index (χ0) is 6.41. The smallest absolute Gasteiger partial charge is 0.185 e. The SMILES string of the molecule is N=C(N)NCCCS. The number of hydrogen-bond acceptors (Lipinski definition) is 2. The van der Waals surface area contributed by atoms with Gasteiger partial charge >= 0.3 is 0 Å². The molecule has 0 aromatic heterocycles. The third-order valence-electron chi connectivity index (χ3n) is 0.650. The molecule has 0 heterocycles. The maximum atomic E-state index is 6.71. The van der Waals surface area contributed by atoms with Crippen LogP contribution in [0, 0.1) is 5.41 Å². The Labute approximate surface area is 54.6 Å². The molecule has 0 aliphatic rings. The van der Waals surface area contributed by atoms with E-state index in [0.717, 1.165) is 18.7 Å². The average Bonchev–Trinajstić information content (AvgIpc) is 1.66. The summed E-state index contributed by atoms with van der Waals surface area (Å²) in [6.45, 7) is 0.749. The Morgan fingerprint density at radius 1 is 1.75 bits per heavy atom. The van der Waals surface area contributed by atoms with Crippen LogP contribution < -0.4 is 11.1 Å². The van der Waals surface area contributed by atoms with Crippen molar-refractivity contribution in [3.05, 3.63) is 0 Å². The Hall–Kier alpha value is -0.380. The maximum Gasteiger partial charge on any atom is 0.185 e. The van der Waals surface area contributed by atoms with Crippen LogP contribution in [-0.2, 0) is 0 Å². The third kappa shape index (κ3) is 5.62. The number of nitrogens with two attached hydrogens (primary N) is 1. The Kier molecular flexibility index (Phi) is 4.54. The fraction of sp³-hybridized carbons (Fsp3) is 0.750. The summed E-state index contributed by atoms with van der Waals surface area (Å²) in [5, 5.41) is 9.37. The maximum absolute atomic E-state index is 6.71. The Morgan fingerprint density at radius 3 is 2.75 bits per heavy atom. The van der Waals surface area contributed by atoms with Crippen LogP contribution in [0.4, 0.5) is 0 Å². The topological polar surface area (TPSA) is 61.9 Å². The van der Waals surface area contributed by atoms with Crippen molar-refractivity contribution in [1.29, 1.82) is 5.41 Å². The molecular weight excluding hydrogens is 122 g/mol. The lowest BCUT2D eigenvalue weighted by atomic mass is 10.5. The first-order valence-electron chi connectivity index (χ1n) is 2.46. The molecule has 0 aromatic carbocycles. The molecule has 8 heavy (non-hydrogen) atoms. The van der Waals surface area contributed by atoms with Gasteiger partial charge in [-0.15, -0.1) is 0 Å². The van der Waals surface area contributed by atoms with Crippen molar-refractivity contribution in [2.75, 3.05) is 12.3 Å². The lowest BCUT2D eigenvalue weighted by Gasteiger charge is -1.98. The highest BCUT2D eigenvalue weighted by molar-refractivity contribution is 7.80. The predicted octanol–water partition coefficient (Wildman–Crippen LogP) is -0.211. The quantitative estimate of drug-likeness (QED) is 0.186. The molecule has 0 saturated carbocycles. The van der Waals surface area contributed by atoms with Gasteiger partial charge in [-0.3, -0.25) is 5.41 Å². The Bertz CT molecular complexity index is 73.7. The van der Waals surface area contributed by atoms with E-state index in [9.17, 15) is 0 Å². The van der Waals surface area contributed by atoms with E-state index in [2.05, 4.69) is 17.9 Å². The molecule has 0 bridgehead atoms. The van der Waals surface area contributed by atoms with E-state index in [4.69, 9.17) is 11.1 Å². The van der Waals surface area contributed by atoms with Crippen molar-refractivity contribution in [2.45, 2.75) is 6.42 Å². The van der Waals surface area contributed by atoms with Gasteiger partial charge in [0.1, 0.15) is 0 Å². The zero-order valence-corrected chi connectivity index (χ0v) is 5.54. The summed E-state index contributed by atoms with van der Waals surface area (Å²) in [6, 6.07) is 0. The molecule has 0 aliphatic heterocycles. The molecule has 3 nitrogen and oxygen atoms in total. The number of thiol groups is 1. The van der Waals surface area contributed by atoms with Gasteiger partial charge in [0.2, 0.25) is 0 Å². The lowest BCUT2D eigenvalue weighted by molar-refractivity contribution is 0.838. The second kappa shape index (κ2) is 4.77. The molecule has 0 rings (SSSR count). The summed E-state index contributed by atoms with van der Waals surface area (Å²) < 4.78 is 0. The van der Waals surface area contributed by atoms with Crippen molar-refractivity contribution in [3.8, 4) is 0 Å².